The lowest BCUT2D eigenvalue weighted by Crippen LogP contribution is -2.35. The summed E-state index contributed by atoms with van der Waals surface area (Å²) < 4.78 is 0. The van der Waals surface area contributed by atoms with Crippen molar-refractivity contribution in [2.45, 2.75) is 66.0 Å². The van der Waals surface area contributed by atoms with Crippen molar-refractivity contribution in [3.63, 3.8) is 0 Å². The fraction of sp³-hybridized carbons (Fsp3) is 0.684. The number of nitrogens with two attached hydrogens (primary N) is 1. The van der Waals surface area contributed by atoms with Gasteiger partial charge in [0.15, 0.2) is 0 Å². The Kier molecular flexibility index (Phi) is 5.45. The van der Waals surface area contributed by atoms with E-state index in [1.54, 1.807) is 0 Å². The second-order valence-corrected chi connectivity index (χ2v) is 7.33. The lowest BCUT2D eigenvalue weighted by molar-refractivity contribution is 0.233. The zero-order valence-electron chi connectivity index (χ0n) is 14.4. The van der Waals surface area contributed by atoms with Crippen molar-refractivity contribution >= 4 is 0 Å². The molecule has 0 aromatic heterocycles. The number of hydrogen-bond acceptors (Lipinski definition) is 2. The van der Waals surface area contributed by atoms with Crippen LogP contribution in [0.5, 0.6) is 0 Å². The lowest BCUT2D eigenvalue weighted by atomic mass is 9.94. The highest BCUT2D eigenvalue weighted by molar-refractivity contribution is 5.39. The molecule has 2 N–H and O–H groups in total. The Balaban J connectivity index is 2.06. The van der Waals surface area contributed by atoms with Gasteiger partial charge in [0, 0.05) is 18.6 Å². The summed E-state index contributed by atoms with van der Waals surface area (Å²) in [5.41, 5.74) is 12.0. The second-order valence-electron chi connectivity index (χ2n) is 7.33. The molecular weight excluding hydrogens is 256 g/mol. The quantitative estimate of drug-likeness (QED) is 0.817. The summed E-state index contributed by atoms with van der Waals surface area (Å²) in [6.45, 7) is 13.4. The number of hydrogen-bond donors (Lipinski definition) is 1. The maximum Gasteiger partial charge on any atom is 0.0429 e. The van der Waals surface area contributed by atoms with Gasteiger partial charge in [-0.25, -0.2) is 0 Å². The zero-order valence-corrected chi connectivity index (χ0v) is 14.4. The van der Waals surface area contributed by atoms with Crippen LogP contribution in [0.1, 0.15) is 61.4 Å². The molecule has 0 amide bonds. The monoisotopic (exact) mass is 288 g/mol. The third-order valence-electron chi connectivity index (χ3n) is 4.60. The molecule has 0 radical (unpaired) electrons. The first-order chi connectivity index (χ1) is 9.88. The molecule has 0 heterocycles. The van der Waals surface area contributed by atoms with Crippen LogP contribution in [0.25, 0.3) is 0 Å². The van der Waals surface area contributed by atoms with Gasteiger partial charge in [0.1, 0.15) is 0 Å². The molecule has 1 aliphatic carbocycles. The fourth-order valence-corrected chi connectivity index (χ4v) is 3.41. The van der Waals surface area contributed by atoms with Crippen LogP contribution in [-0.4, -0.2) is 24.0 Å². The SMILES string of the molecule is Cc1cc(C)c(C(N)CN(CCC(C)C)C2CC2)c(C)c1. The largest absolute Gasteiger partial charge is 0.323 e. The molecule has 21 heavy (non-hydrogen) atoms. The Hall–Kier alpha value is -0.860. The molecule has 1 aromatic rings. The van der Waals surface area contributed by atoms with Gasteiger partial charge < -0.3 is 5.73 Å². The van der Waals surface area contributed by atoms with Crippen molar-refractivity contribution in [2.24, 2.45) is 11.7 Å². The molecule has 0 aliphatic heterocycles. The van der Waals surface area contributed by atoms with Gasteiger partial charge in [-0.05, 0) is 69.2 Å². The maximum atomic E-state index is 6.58. The summed E-state index contributed by atoms with van der Waals surface area (Å²) in [6.07, 6.45) is 3.99. The molecule has 1 atom stereocenters. The van der Waals surface area contributed by atoms with Crippen LogP contribution in [0, 0.1) is 26.7 Å². The van der Waals surface area contributed by atoms with Crippen LogP contribution in [0.3, 0.4) is 0 Å². The van der Waals surface area contributed by atoms with Gasteiger partial charge in [-0.1, -0.05) is 31.5 Å². The van der Waals surface area contributed by atoms with Gasteiger partial charge in [-0.3, -0.25) is 4.90 Å². The molecule has 1 unspecified atom stereocenters. The molecule has 1 fully saturated rings. The van der Waals surface area contributed by atoms with E-state index in [0.717, 1.165) is 18.5 Å². The van der Waals surface area contributed by atoms with Gasteiger partial charge in [0.2, 0.25) is 0 Å². The molecule has 2 nitrogen and oxygen atoms in total. The first-order valence-electron chi connectivity index (χ1n) is 8.46. The topological polar surface area (TPSA) is 29.3 Å². The average molecular weight is 288 g/mol. The normalized spacial score (nSPS) is 16.8. The highest BCUT2D eigenvalue weighted by Gasteiger charge is 2.30. The van der Waals surface area contributed by atoms with E-state index < -0.39 is 0 Å². The average Bonchev–Trinajstić information content (AvgIpc) is 3.16. The summed E-state index contributed by atoms with van der Waals surface area (Å²) in [5.74, 6) is 0.769. The van der Waals surface area contributed by atoms with E-state index in [4.69, 9.17) is 5.73 Å². The minimum absolute atomic E-state index is 0.137. The van der Waals surface area contributed by atoms with Gasteiger partial charge in [-0.2, -0.15) is 0 Å². The second kappa shape index (κ2) is 6.93. The van der Waals surface area contributed by atoms with Crippen molar-refractivity contribution in [2.75, 3.05) is 13.1 Å². The Morgan fingerprint density at radius 1 is 1.14 bits per heavy atom. The molecule has 0 bridgehead atoms. The van der Waals surface area contributed by atoms with Crippen LogP contribution in [0.15, 0.2) is 12.1 Å². The van der Waals surface area contributed by atoms with Crippen molar-refractivity contribution < 1.29 is 0 Å². The Bertz CT molecular complexity index is 451. The molecule has 1 aliphatic rings. The van der Waals surface area contributed by atoms with Crippen molar-refractivity contribution in [1.29, 1.82) is 0 Å². The molecule has 1 saturated carbocycles. The Morgan fingerprint density at radius 3 is 2.19 bits per heavy atom. The van der Waals surface area contributed by atoms with Crippen LogP contribution in [0.4, 0.5) is 0 Å². The fourth-order valence-electron chi connectivity index (χ4n) is 3.41. The standard InChI is InChI=1S/C19H32N2/c1-13(2)8-9-21(17-6-7-17)12-18(20)19-15(4)10-14(3)11-16(19)5/h10-11,13,17-18H,6-9,12,20H2,1-5H3. The molecule has 2 heteroatoms. The van der Waals surface area contributed by atoms with Crippen LogP contribution in [-0.2, 0) is 0 Å². The highest BCUT2D eigenvalue weighted by atomic mass is 15.2. The molecule has 0 saturated heterocycles. The first kappa shape index (κ1) is 16.5. The van der Waals surface area contributed by atoms with E-state index in [1.807, 2.05) is 0 Å². The predicted octanol–water partition coefficient (Wildman–Crippen LogP) is 4.12. The maximum absolute atomic E-state index is 6.58. The minimum atomic E-state index is 0.137. The first-order valence-corrected chi connectivity index (χ1v) is 8.46. The van der Waals surface area contributed by atoms with Crippen LogP contribution < -0.4 is 5.73 Å². The third-order valence-corrected chi connectivity index (χ3v) is 4.60. The summed E-state index contributed by atoms with van der Waals surface area (Å²) in [7, 11) is 0. The summed E-state index contributed by atoms with van der Waals surface area (Å²) in [4.78, 5) is 2.63. The van der Waals surface area contributed by atoms with Crippen molar-refractivity contribution in [3.8, 4) is 0 Å². The van der Waals surface area contributed by atoms with E-state index in [1.165, 1.54) is 48.1 Å². The molecular formula is C19H32N2. The third kappa shape index (κ3) is 4.55. The lowest BCUT2D eigenvalue weighted by Gasteiger charge is -2.28. The van der Waals surface area contributed by atoms with Gasteiger partial charge in [0.05, 0.1) is 0 Å². The van der Waals surface area contributed by atoms with Gasteiger partial charge in [-0.15, -0.1) is 0 Å². The zero-order chi connectivity index (χ0) is 15.6. The number of aryl methyl sites for hydroxylation is 3. The van der Waals surface area contributed by atoms with Gasteiger partial charge in [0.25, 0.3) is 0 Å². The van der Waals surface area contributed by atoms with E-state index in [9.17, 15) is 0 Å². The van der Waals surface area contributed by atoms with E-state index >= 15 is 0 Å². The summed E-state index contributed by atoms with van der Waals surface area (Å²) in [6, 6.07) is 5.45. The Morgan fingerprint density at radius 2 is 1.71 bits per heavy atom. The van der Waals surface area contributed by atoms with E-state index in [0.29, 0.717) is 0 Å². The Labute approximate surface area is 130 Å². The number of nitrogens with zero attached hydrogens (tertiary/aromatic N) is 1. The predicted molar refractivity (Wildman–Crippen MR) is 91.6 cm³/mol. The van der Waals surface area contributed by atoms with Crippen molar-refractivity contribution in [3.05, 3.63) is 34.4 Å². The summed E-state index contributed by atoms with van der Waals surface area (Å²) >= 11 is 0. The number of rotatable bonds is 7. The summed E-state index contributed by atoms with van der Waals surface area (Å²) in [5, 5.41) is 0. The van der Waals surface area contributed by atoms with Crippen molar-refractivity contribution in [1.82, 2.24) is 4.90 Å². The highest BCUT2D eigenvalue weighted by Crippen LogP contribution is 2.30. The molecule has 0 spiro atoms. The molecule has 1 aromatic carbocycles. The van der Waals surface area contributed by atoms with Crippen LogP contribution in [0.2, 0.25) is 0 Å². The van der Waals surface area contributed by atoms with Gasteiger partial charge >= 0.3 is 0 Å². The van der Waals surface area contributed by atoms with E-state index in [-0.39, 0.29) is 6.04 Å². The molecule has 2 rings (SSSR count). The van der Waals surface area contributed by atoms with E-state index in [2.05, 4.69) is 51.7 Å². The number of benzene rings is 1. The smallest absolute Gasteiger partial charge is 0.0429 e. The molecule has 118 valence electrons. The minimum Gasteiger partial charge on any atom is -0.323 e. The van der Waals surface area contributed by atoms with Crippen LogP contribution >= 0.6 is 0 Å².